The quantitative estimate of drug-likeness (QED) is 0.897. The smallest absolute Gasteiger partial charge is 0.167 e. The molecule has 2 fully saturated rings. The highest BCUT2D eigenvalue weighted by Gasteiger charge is 2.70. The molecule has 0 saturated heterocycles. The van der Waals surface area contributed by atoms with Crippen molar-refractivity contribution in [2.24, 2.45) is 16.7 Å². The molecule has 22 heavy (non-hydrogen) atoms. The molecular formula is C19H26O3. The molecule has 2 aliphatic rings. The SMILES string of the molecule is CC1(C)[C@@H]2CC[C@@]1(C)[C@@](O)(C(=O)C[C@@H](O)c1ccccc1)C2. The van der Waals surface area contributed by atoms with Gasteiger partial charge in [-0.2, -0.15) is 0 Å². The highest BCUT2D eigenvalue weighted by Crippen LogP contribution is 2.70. The minimum absolute atomic E-state index is 0.0150. The molecule has 1 aromatic rings. The number of benzene rings is 1. The maximum absolute atomic E-state index is 12.8. The van der Waals surface area contributed by atoms with Gasteiger partial charge in [0.25, 0.3) is 0 Å². The third-order valence-corrected chi connectivity index (χ3v) is 6.91. The van der Waals surface area contributed by atoms with Gasteiger partial charge in [0.15, 0.2) is 5.78 Å². The van der Waals surface area contributed by atoms with Gasteiger partial charge in [-0.15, -0.1) is 0 Å². The van der Waals surface area contributed by atoms with Crippen LogP contribution in [0.25, 0.3) is 0 Å². The Kier molecular flexibility index (Phi) is 3.50. The highest BCUT2D eigenvalue weighted by atomic mass is 16.3. The van der Waals surface area contributed by atoms with Crippen molar-refractivity contribution in [1.29, 1.82) is 0 Å². The lowest BCUT2D eigenvalue weighted by molar-refractivity contribution is -0.157. The fourth-order valence-electron chi connectivity index (χ4n) is 4.83. The van der Waals surface area contributed by atoms with Gasteiger partial charge in [0.05, 0.1) is 6.10 Å². The van der Waals surface area contributed by atoms with Crippen molar-refractivity contribution in [3.63, 3.8) is 0 Å². The van der Waals surface area contributed by atoms with E-state index in [2.05, 4.69) is 13.8 Å². The van der Waals surface area contributed by atoms with Crippen LogP contribution in [0.3, 0.4) is 0 Å². The zero-order valence-corrected chi connectivity index (χ0v) is 13.7. The molecule has 0 radical (unpaired) electrons. The van der Waals surface area contributed by atoms with Crippen molar-refractivity contribution in [3.05, 3.63) is 35.9 Å². The maximum atomic E-state index is 12.8. The molecular weight excluding hydrogens is 276 g/mol. The Hall–Kier alpha value is -1.19. The van der Waals surface area contributed by atoms with Crippen molar-refractivity contribution in [2.75, 3.05) is 0 Å². The fraction of sp³-hybridized carbons (Fsp3) is 0.632. The molecule has 3 nitrogen and oxygen atoms in total. The van der Waals surface area contributed by atoms with Gasteiger partial charge in [-0.05, 0) is 36.2 Å². The van der Waals surface area contributed by atoms with E-state index < -0.39 is 17.1 Å². The number of aliphatic hydroxyl groups is 2. The van der Waals surface area contributed by atoms with Gasteiger partial charge in [0.2, 0.25) is 0 Å². The van der Waals surface area contributed by atoms with Gasteiger partial charge in [-0.25, -0.2) is 0 Å². The summed E-state index contributed by atoms with van der Waals surface area (Å²) in [5.41, 5.74) is -0.991. The van der Waals surface area contributed by atoms with E-state index in [0.717, 1.165) is 18.4 Å². The molecule has 0 heterocycles. The zero-order chi connectivity index (χ0) is 16.2. The average Bonchev–Trinajstić information content (AvgIpc) is 2.80. The first-order valence-corrected chi connectivity index (χ1v) is 8.21. The van der Waals surface area contributed by atoms with Crippen LogP contribution < -0.4 is 0 Å². The lowest BCUT2D eigenvalue weighted by atomic mass is 9.62. The van der Waals surface area contributed by atoms with E-state index in [9.17, 15) is 15.0 Å². The second-order valence-electron chi connectivity index (χ2n) is 7.91. The Bertz CT molecular complexity index is 580. The molecule has 3 rings (SSSR count). The predicted molar refractivity (Wildman–Crippen MR) is 85.2 cm³/mol. The van der Waals surface area contributed by atoms with Gasteiger partial charge < -0.3 is 10.2 Å². The predicted octanol–water partition coefficient (Wildman–Crippen LogP) is 3.26. The number of ketones is 1. The molecule has 0 aromatic heterocycles. The van der Waals surface area contributed by atoms with E-state index in [4.69, 9.17) is 0 Å². The Balaban J connectivity index is 1.81. The summed E-state index contributed by atoms with van der Waals surface area (Å²) in [5, 5.41) is 21.5. The number of Topliss-reactive ketones (excluding diaryl/α,β-unsaturated/α-hetero) is 1. The van der Waals surface area contributed by atoms with E-state index in [0.29, 0.717) is 12.3 Å². The zero-order valence-electron chi connectivity index (χ0n) is 13.7. The van der Waals surface area contributed by atoms with Crippen LogP contribution in [0.2, 0.25) is 0 Å². The molecule has 2 aliphatic carbocycles. The number of carbonyl (C=O) groups excluding carboxylic acids is 1. The molecule has 0 aliphatic heterocycles. The van der Waals surface area contributed by atoms with Gasteiger partial charge in [0.1, 0.15) is 5.60 Å². The monoisotopic (exact) mass is 302 g/mol. The largest absolute Gasteiger partial charge is 0.388 e. The van der Waals surface area contributed by atoms with E-state index in [1.165, 1.54) is 0 Å². The Morgan fingerprint density at radius 3 is 2.41 bits per heavy atom. The second-order valence-corrected chi connectivity index (χ2v) is 7.91. The first-order valence-electron chi connectivity index (χ1n) is 8.21. The summed E-state index contributed by atoms with van der Waals surface area (Å²) < 4.78 is 0. The molecule has 2 N–H and O–H groups in total. The number of hydrogen-bond donors (Lipinski definition) is 2. The number of hydrogen-bond acceptors (Lipinski definition) is 3. The van der Waals surface area contributed by atoms with Crippen LogP contribution in [0.4, 0.5) is 0 Å². The molecule has 2 saturated carbocycles. The molecule has 0 unspecified atom stereocenters. The van der Waals surface area contributed by atoms with E-state index in [-0.39, 0.29) is 17.6 Å². The topological polar surface area (TPSA) is 57.5 Å². The summed E-state index contributed by atoms with van der Waals surface area (Å²) in [6.45, 7) is 6.39. The van der Waals surface area contributed by atoms with Crippen LogP contribution >= 0.6 is 0 Å². The maximum Gasteiger partial charge on any atom is 0.167 e. The average molecular weight is 302 g/mol. The molecule has 3 heteroatoms. The third kappa shape index (κ3) is 1.92. The van der Waals surface area contributed by atoms with Gasteiger partial charge in [-0.1, -0.05) is 51.1 Å². The summed E-state index contributed by atoms with van der Waals surface area (Å²) in [7, 11) is 0. The Morgan fingerprint density at radius 1 is 1.27 bits per heavy atom. The van der Waals surface area contributed by atoms with Crippen molar-refractivity contribution in [2.45, 2.75) is 58.2 Å². The fourth-order valence-corrected chi connectivity index (χ4v) is 4.83. The highest BCUT2D eigenvalue weighted by molar-refractivity contribution is 5.89. The number of fused-ring (bicyclic) bond motifs is 2. The normalized spacial score (nSPS) is 37.2. The molecule has 1 aromatic carbocycles. The summed E-state index contributed by atoms with van der Waals surface area (Å²) in [5.74, 6) is 0.182. The first-order chi connectivity index (χ1) is 10.2. The third-order valence-electron chi connectivity index (χ3n) is 6.91. The number of aliphatic hydroxyl groups excluding tert-OH is 1. The van der Waals surface area contributed by atoms with Gasteiger partial charge >= 0.3 is 0 Å². The van der Waals surface area contributed by atoms with Gasteiger partial charge in [-0.3, -0.25) is 4.79 Å². The minimum atomic E-state index is -1.30. The summed E-state index contributed by atoms with van der Waals surface area (Å²) >= 11 is 0. The molecule has 2 bridgehead atoms. The Labute approximate surface area is 132 Å². The minimum Gasteiger partial charge on any atom is -0.388 e. The van der Waals surface area contributed by atoms with Crippen LogP contribution in [0.15, 0.2) is 30.3 Å². The van der Waals surface area contributed by atoms with Crippen molar-refractivity contribution in [3.8, 4) is 0 Å². The Morgan fingerprint density at radius 2 is 1.91 bits per heavy atom. The lowest BCUT2D eigenvalue weighted by Gasteiger charge is -2.44. The summed E-state index contributed by atoms with van der Waals surface area (Å²) in [6.07, 6.45) is 1.65. The molecule has 120 valence electrons. The standard InChI is InChI=1S/C19H26O3/c1-17(2)14-9-10-18(17,3)19(22,12-14)16(21)11-15(20)13-7-5-4-6-8-13/h4-8,14-15,20,22H,9-12H2,1-3H3/t14-,15-,18-,19+/m1/s1. The van der Waals surface area contributed by atoms with Crippen LogP contribution in [-0.4, -0.2) is 21.6 Å². The van der Waals surface area contributed by atoms with Crippen LogP contribution in [-0.2, 0) is 4.79 Å². The molecule has 0 spiro atoms. The van der Waals surface area contributed by atoms with Crippen molar-refractivity contribution < 1.29 is 15.0 Å². The summed E-state index contributed by atoms with van der Waals surface area (Å²) in [6, 6.07) is 9.20. The number of rotatable bonds is 4. The van der Waals surface area contributed by atoms with Crippen molar-refractivity contribution >= 4 is 5.78 Å². The van der Waals surface area contributed by atoms with E-state index in [1.54, 1.807) is 0 Å². The molecule has 0 amide bonds. The lowest BCUT2D eigenvalue weighted by Crippen LogP contribution is -2.53. The van der Waals surface area contributed by atoms with Crippen LogP contribution in [0.1, 0.15) is 58.1 Å². The van der Waals surface area contributed by atoms with Crippen LogP contribution in [0, 0.1) is 16.7 Å². The first kappa shape index (κ1) is 15.7. The number of carbonyl (C=O) groups is 1. The van der Waals surface area contributed by atoms with Crippen LogP contribution in [0.5, 0.6) is 0 Å². The van der Waals surface area contributed by atoms with Gasteiger partial charge in [0, 0.05) is 11.8 Å². The van der Waals surface area contributed by atoms with Crippen molar-refractivity contribution in [1.82, 2.24) is 0 Å². The summed E-state index contributed by atoms with van der Waals surface area (Å²) in [4.78, 5) is 12.8. The molecule has 4 atom stereocenters. The second kappa shape index (κ2) is 4.90. The van der Waals surface area contributed by atoms with E-state index >= 15 is 0 Å². The van der Waals surface area contributed by atoms with E-state index in [1.807, 2.05) is 37.3 Å².